The summed E-state index contributed by atoms with van der Waals surface area (Å²) in [5, 5.41) is 19.6. The number of rotatable bonds is 1. The summed E-state index contributed by atoms with van der Waals surface area (Å²) in [5.74, 6) is -0.274. The fourth-order valence-corrected chi connectivity index (χ4v) is 2.47. The van der Waals surface area contributed by atoms with E-state index in [4.69, 9.17) is 11.6 Å². The van der Waals surface area contributed by atoms with E-state index in [1.807, 2.05) is 0 Å². The molecule has 1 aromatic carbocycles. The predicted octanol–water partition coefficient (Wildman–Crippen LogP) is 1.91. The van der Waals surface area contributed by atoms with Crippen molar-refractivity contribution < 1.29 is 15.0 Å². The Morgan fingerprint density at radius 3 is 2.75 bits per heavy atom. The normalized spacial score (nSPS) is 20.6. The van der Waals surface area contributed by atoms with Gasteiger partial charge < -0.3 is 15.1 Å². The van der Waals surface area contributed by atoms with E-state index in [0.29, 0.717) is 15.2 Å². The molecule has 1 aromatic rings. The molecule has 1 heterocycles. The highest BCUT2D eigenvalue weighted by Crippen LogP contribution is 2.39. The molecule has 4 nitrogen and oxygen atoms in total. The van der Waals surface area contributed by atoms with Gasteiger partial charge in [0.05, 0.1) is 29.2 Å². The lowest BCUT2D eigenvalue weighted by Crippen LogP contribution is -2.25. The second kappa shape index (κ2) is 4.24. The molecule has 0 spiro atoms. The molecule has 86 valence electrons. The molecule has 1 atom stereocenters. The second-order valence-electron chi connectivity index (χ2n) is 3.62. The van der Waals surface area contributed by atoms with Crippen molar-refractivity contribution >= 4 is 39.1 Å². The van der Waals surface area contributed by atoms with Crippen LogP contribution in [0, 0.1) is 0 Å². The molecule has 2 rings (SSSR count). The summed E-state index contributed by atoms with van der Waals surface area (Å²) >= 11 is 8.99. The van der Waals surface area contributed by atoms with Crippen LogP contribution < -0.4 is 4.90 Å². The van der Waals surface area contributed by atoms with Gasteiger partial charge in [-0.05, 0) is 28.1 Å². The summed E-state index contributed by atoms with van der Waals surface area (Å²) in [7, 11) is 0. The monoisotopic (exact) mass is 305 g/mol. The molecule has 1 aliphatic heterocycles. The predicted molar refractivity (Wildman–Crippen MR) is 63.8 cm³/mol. The van der Waals surface area contributed by atoms with Crippen molar-refractivity contribution in [2.75, 3.05) is 11.4 Å². The van der Waals surface area contributed by atoms with Gasteiger partial charge in [-0.2, -0.15) is 0 Å². The van der Waals surface area contributed by atoms with Crippen LogP contribution in [0.1, 0.15) is 6.42 Å². The van der Waals surface area contributed by atoms with Crippen LogP contribution in [-0.2, 0) is 4.79 Å². The van der Waals surface area contributed by atoms with E-state index in [-0.39, 0.29) is 24.6 Å². The third-order valence-corrected chi connectivity index (χ3v) is 3.23. The number of aliphatic hydroxyl groups is 1. The molecule has 0 bridgehead atoms. The first kappa shape index (κ1) is 11.7. The third-order valence-electron chi connectivity index (χ3n) is 2.40. The smallest absolute Gasteiger partial charge is 0.229 e. The lowest BCUT2D eigenvalue weighted by Gasteiger charge is -2.18. The van der Waals surface area contributed by atoms with Crippen molar-refractivity contribution in [3.63, 3.8) is 0 Å². The van der Waals surface area contributed by atoms with Crippen LogP contribution in [0.5, 0.6) is 5.75 Å². The molecule has 1 amide bonds. The lowest BCUT2D eigenvalue weighted by atomic mass is 10.2. The number of carbonyl (C=O) groups excluding carboxylic acids is 1. The Labute approximate surface area is 106 Å². The van der Waals surface area contributed by atoms with E-state index < -0.39 is 6.10 Å². The molecule has 0 saturated carbocycles. The summed E-state index contributed by atoms with van der Waals surface area (Å²) in [5.41, 5.74) is 0.320. The van der Waals surface area contributed by atoms with Crippen LogP contribution in [0.15, 0.2) is 16.6 Å². The van der Waals surface area contributed by atoms with E-state index in [2.05, 4.69) is 15.9 Å². The number of hydrogen-bond acceptors (Lipinski definition) is 3. The number of β-amino-alcohol motifs (C(OH)–C–C–N with tert-alkyl or cyclic N) is 1. The molecule has 1 saturated heterocycles. The van der Waals surface area contributed by atoms with E-state index in [9.17, 15) is 15.0 Å². The molecule has 0 radical (unpaired) electrons. The Morgan fingerprint density at radius 2 is 2.19 bits per heavy atom. The van der Waals surface area contributed by atoms with Gasteiger partial charge in [-0.25, -0.2) is 0 Å². The number of phenols is 1. The average molecular weight is 307 g/mol. The average Bonchev–Trinajstić information content (AvgIpc) is 2.51. The molecular weight excluding hydrogens is 297 g/mol. The molecule has 1 unspecified atom stereocenters. The minimum atomic E-state index is -0.690. The number of aromatic hydroxyl groups is 1. The van der Waals surface area contributed by atoms with E-state index in [0.717, 1.165) is 0 Å². The van der Waals surface area contributed by atoms with E-state index in [1.54, 1.807) is 0 Å². The van der Waals surface area contributed by atoms with Gasteiger partial charge in [-0.15, -0.1) is 0 Å². The largest absolute Gasteiger partial charge is 0.505 e. The third kappa shape index (κ3) is 2.03. The van der Waals surface area contributed by atoms with E-state index >= 15 is 0 Å². The fourth-order valence-electron chi connectivity index (χ4n) is 1.68. The fraction of sp³-hybridized carbons (Fsp3) is 0.300. The topological polar surface area (TPSA) is 60.8 Å². The van der Waals surface area contributed by atoms with Crippen molar-refractivity contribution in [3.8, 4) is 5.75 Å². The quantitative estimate of drug-likeness (QED) is 0.833. The number of halogens is 2. The number of hydrogen-bond donors (Lipinski definition) is 2. The number of nitrogens with zero attached hydrogens (tertiary/aromatic N) is 1. The Bertz CT molecular complexity index is 452. The minimum absolute atomic E-state index is 0.0492. The molecule has 0 aromatic heterocycles. The van der Waals surface area contributed by atoms with E-state index in [1.165, 1.54) is 17.0 Å². The van der Waals surface area contributed by atoms with Crippen molar-refractivity contribution in [2.24, 2.45) is 0 Å². The zero-order chi connectivity index (χ0) is 11.9. The molecule has 2 N–H and O–H groups in total. The highest BCUT2D eigenvalue weighted by Gasteiger charge is 2.31. The highest BCUT2D eigenvalue weighted by atomic mass is 79.9. The highest BCUT2D eigenvalue weighted by molar-refractivity contribution is 9.10. The van der Waals surface area contributed by atoms with Crippen molar-refractivity contribution in [2.45, 2.75) is 12.5 Å². The van der Waals surface area contributed by atoms with Gasteiger partial charge in [0.1, 0.15) is 0 Å². The number of carbonyl (C=O) groups is 1. The molecule has 1 fully saturated rings. The van der Waals surface area contributed by atoms with Crippen molar-refractivity contribution in [1.29, 1.82) is 0 Å². The van der Waals surface area contributed by atoms with Gasteiger partial charge >= 0.3 is 0 Å². The first-order chi connectivity index (χ1) is 7.49. The number of anilines is 1. The lowest BCUT2D eigenvalue weighted by molar-refractivity contribution is -0.117. The number of amides is 1. The number of benzene rings is 1. The summed E-state index contributed by atoms with van der Waals surface area (Å²) < 4.78 is 0.421. The zero-order valence-corrected chi connectivity index (χ0v) is 10.5. The van der Waals surface area contributed by atoms with Crippen LogP contribution in [0.2, 0.25) is 5.02 Å². The first-order valence-electron chi connectivity index (χ1n) is 4.65. The molecule has 0 aliphatic carbocycles. The Kier molecular flexibility index (Phi) is 3.10. The van der Waals surface area contributed by atoms with Gasteiger partial charge in [0, 0.05) is 5.02 Å². The molecule has 6 heteroatoms. The number of aliphatic hydroxyl groups excluding tert-OH is 1. The van der Waals surface area contributed by atoms with Crippen molar-refractivity contribution in [3.05, 3.63) is 21.6 Å². The van der Waals surface area contributed by atoms with Crippen LogP contribution in [-0.4, -0.2) is 28.8 Å². The maximum atomic E-state index is 11.6. The van der Waals surface area contributed by atoms with Crippen LogP contribution >= 0.6 is 27.5 Å². The maximum absolute atomic E-state index is 11.6. The van der Waals surface area contributed by atoms with Crippen LogP contribution in [0.25, 0.3) is 0 Å². The van der Waals surface area contributed by atoms with Gasteiger partial charge in [0.15, 0.2) is 5.75 Å². The Hall–Kier alpha value is -0.780. The maximum Gasteiger partial charge on any atom is 0.229 e. The summed E-state index contributed by atoms with van der Waals surface area (Å²) in [6.45, 7) is 0.180. The standard InChI is InChI=1S/C10H9BrClNO3/c11-7-1-5(12)2-8(10(7)16)13-4-6(14)3-9(13)15/h1-2,6,14,16H,3-4H2. The van der Waals surface area contributed by atoms with Crippen molar-refractivity contribution in [1.82, 2.24) is 0 Å². The Balaban J connectivity index is 2.44. The summed E-state index contributed by atoms with van der Waals surface area (Å²) in [6.07, 6.45) is -0.617. The zero-order valence-electron chi connectivity index (χ0n) is 8.15. The van der Waals surface area contributed by atoms with Crippen LogP contribution in [0.3, 0.4) is 0 Å². The van der Waals surface area contributed by atoms with Gasteiger partial charge in [0.25, 0.3) is 0 Å². The minimum Gasteiger partial charge on any atom is -0.505 e. The summed E-state index contributed by atoms with van der Waals surface area (Å²) in [6, 6.07) is 3.04. The van der Waals surface area contributed by atoms with Gasteiger partial charge in [-0.3, -0.25) is 4.79 Å². The van der Waals surface area contributed by atoms with Gasteiger partial charge in [-0.1, -0.05) is 11.6 Å². The van der Waals surface area contributed by atoms with Crippen LogP contribution in [0.4, 0.5) is 5.69 Å². The molecular formula is C10H9BrClNO3. The Morgan fingerprint density at radius 1 is 1.50 bits per heavy atom. The second-order valence-corrected chi connectivity index (χ2v) is 4.91. The number of phenolic OH excluding ortho intramolecular Hbond substituents is 1. The summed E-state index contributed by atoms with van der Waals surface area (Å²) in [4.78, 5) is 12.9. The molecule has 1 aliphatic rings. The first-order valence-corrected chi connectivity index (χ1v) is 5.82. The van der Waals surface area contributed by atoms with Gasteiger partial charge in [0.2, 0.25) is 5.91 Å². The SMILES string of the molecule is O=C1CC(O)CN1c1cc(Cl)cc(Br)c1O. The molecule has 16 heavy (non-hydrogen) atoms.